The van der Waals surface area contributed by atoms with E-state index in [4.69, 9.17) is 4.74 Å². The summed E-state index contributed by atoms with van der Waals surface area (Å²) in [4.78, 5) is 2.89. The first-order valence-corrected chi connectivity index (χ1v) is 12.1. The highest BCUT2D eigenvalue weighted by molar-refractivity contribution is 7.89. The van der Waals surface area contributed by atoms with E-state index in [-0.39, 0.29) is 0 Å². The van der Waals surface area contributed by atoms with E-state index < -0.39 is 10.0 Å². The number of sulfonamides is 1. The normalized spacial score (nSPS) is 24.3. The average Bonchev–Trinajstić information content (AvgIpc) is 3.22. The van der Waals surface area contributed by atoms with Crippen LogP contribution < -0.4 is 4.74 Å². The van der Waals surface area contributed by atoms with Gasteiger partial charge in [-0.1, -0.05) is 19.3 Å². The summed E-state index contributed by atoms with van der Waals surface area (Å²) >= 11 is 0. The summed E-state index contributed by atoms with van der Waals surface area (Å²) < 4.78 is 33.6. The quantitative estimate of drug-likeness (QED) is 0.768. The summed E-state index contributed by atoms with van der Waals surface area (Å²) in [7, 11) is -3.41. The van der Waals surface area contributed by atoms with Crippen LogP contribution in [0.2, 0.25) is 0 Å². The number of ether oxygens (including phenoxy) is 1. The van der Waals surface area contributed by atoms with Crippen molar-refractivity contribution in [2.45, 2.75) is 74.8 Å². The third-order valence-corrected chi connectivity index (χ3v) is 8.34. The molecule has 27 heavy (non-hydrogen) atoms. The van der Waals surface area contributed by atoms with Crippen molar-refractivity contribution in [2.75, 3.05) is 26.2 Å². The molecule has 1 aliphatic heterocycles. The van der Waals surface area contributed by atoms with E-state index in [1.165, 1.54) is 44.9 Å². The second-order valence-corrected chi connectivity index (χ2v) is 10.2. The maximum atomic E-state index is 13.0. The van der Waals surface area contributed by atoms with Crippen molar-refractivity contribution in [3.63, 3.8) is 0 Å². The van der Waals surface area contributed by atoms with Gasteiger partial charge in [0.15, 0.2) is 0 Å². The zero-order valence-electron chi connectivity index (χ0n) is 16.2. The second kappa shape index (κ2) is 8.50. The van der Waals surface area contributed by atoms with Crippen LogP contribution in [0.3, 0.4) is 0 Å². The first-order valence-electron chi connectivity index (χ1n) is 10.6. The third kappa shape index (κ3) is 4.49. The summed E-state index contributed by atoms with van der Waals surface area (Å²) in [6, 6.07) is 7.68. The monoisotopic (exact) mass is 392 g/mol. The van der Waals surface area contributed by atoms with Crippen LogP contribution in [-0.2, 0) is 10.0 Å². The van der Waals surface area contributed by atoms with Gasteiger partial charge in [-0.05, 0) is 62.8 Å². The lowest BCUT2D eigenvalue weighted by Gasteiger charge is -2.40. The molecule has 0 unspecified atom stereocenters. The van der Waals surface area contributed by atoms with Crippen molar-refractivity contribution in [3.8, 4) is 5.75 Å². The van der Waals surface area contributed by atoms with Crippen LogP contribution >= 0.6 is 0 Å². The molecule has 5 nitrogen and oxygen atoms in total. The summed E-state index contributed by atoms with van der Waals surface area (Å²) in [5.74, 6) is 0.781. The third-order valence-electron chi connectivity index (χ3n) is 6.43. The molecule has 0 N–H and O–H groups in total. The molecule has 0 aromatic heterocycles. The molecule has 150 valence electrons. The number of hydrogen-bond donors (Lipinski definition) is 0. The van der Waals surface area contributed by atoms with Gasteiger partial charge >= 0.3 is 0 Å². The van der Waals surface area contributed by atoms with Gasteiger partial charge in [-0.25, -0.2) is 8.42 Å². The molecule has 0 radical (unpaired) electrons. The Morgan fingerprint density at radius 3 is 2.00 bits per heavy atom. The molecule has 6 heteroatoms. The Morgan fingerprint density at radius 1 is 0.778 bits per heavy atom. The fraction of sp³-hybridized carbons (Fsp3) is 0.714. The molecule has 0 amide bonds. The van der Waals surface area contributed by atoms with Gasteiger partial charge in [-0.3, -0.25) is 4.90 Å². The van der Waals surface area contributed by atoms with Crippen molar-refractivity contribution >= 4 is 10.0 Å². The number of rotatable bonds is 5. The first kappa shape index (κ1) is 19.2. The Bertz CT molecular complexity index is 699. The molecule has 3 aliphatic rings. The van der Waals surface area contributed by atoms with E-state index in [1.54, 1.807) is 16.4 Å². The highest BCUT2D eigenvalue weighted by Crippen LogP contribution is 2.27. The van der Waals surface area contributed by atoms with E-state index in [2.05, 4.69) is 4.90 Å². The Kier molecular flexibility index (Phi) is 6.05. The zero-order chi connectivity index (χ0) is 18.7. The summed E-state index contributed by atoms with van der Waals surface area (Å²) in [6.45, 7) is 2.90. The minimum absolute atomic E-state index is 0.292. The molecule has 1 saturated heterocycles. The Balaban J connectivity index is 1.35. The molecule has 2 saturated carbocycles. The Hall–Kier alpha value is -1.11. The molecule has 1 heterocycles. The molecule has 0 bridgehead atoms. The van der Waals surface area contributed by atoms with Gasteiger partial charge in [-0.15, -0.1) is 0 Å². The van der Waals surface area contributed by atoms with Crippen molar-refractivity contribution < 1.29 is 13.2 Å². The topological polar surface area (TPSA) is 49.9 Å². The van der Waals surface area contributed by atoms with E-state index in [0.717, 1.165) is 31.7 Å². The average molecular weight is 393 g/mol. The van der Waals surface area contributed by atoms with Crippen LogP contribution in [0.5, 0.6) is 5.75 Å². The van der Waals surface area contributed by atoms with Crippen molar-refractivity contribution in [3.05, 3.63) is 24.3 Å². The van der Waals surface area contributed by atoms with Gasteiger partial charge in [0.2, 0.25) is 10.0 Å². The van der Waals surface area contributed by atoms with Gasteiger partial charge in [-0.2, -0.15) is 4.31 Å². The molecule has 3 fully saturated rings. The van der Waals surface area contributed by atoms with E-state index in [0.29, 0.717) is 30.1 Å². The fourth-order valence-corrected chi connectivity index (χ4v) is 6.22. The summed E-state index contributed by atoms with van der Waals surface area (Å²) in [6.07, 6.45) is 11.5. The van der Waals surface area contributed by atoms with Crippen molar-refractivity contribution in [2.24, 2.45) is 0 Å². The lowest BCUT2D eigenvalue weighted by molar-refractivity contribution is 0.111. The van der Waals surface area contributed by atoms with Crippen LogP contribution in [0.25, 0.3) is 0 Å². The highest BCUT2D eigenvalue weighted by atomic mass is 32.2. The summed E-state index contributed by atoms with van der Waals surface area (Å²) in [5.41, 5.74) is 0. The Morgan fingerprint density at radius 2 is 1.37 bits per heavy atom. The molecule has 1 aromatic rings. The predicted molar refractivity (Wildman–Crippen MR) is 107 cm³/mol. The zero-order valence-corrected chi connectivity index (χ0v) is 17.0. The van der Waals surface area contributed by atoms with Gasteiger partial charge in [0.1, 0.15) is 5.75 Å². The number of benzene rings is 1. The number of piperazine rings is 1. The van der Waals surface area contributed by atoms with Gasteiger partial charge in [0.05, 0.1) is 11.0 Å². The van der Waals surface area contributed by atoms with E-state index in [1.807, 2.05) is 12.1 Å². The summed E-state index contributed by atoms with van der Waals surface area (Å²) in [5, 5.41) is 0. The lowest BCUT2D eigenvalue weighted by atomic mass is 9.94. The minimum Gasteiger partial charge on any atom is -0.490 e. The van der Waals surface area contributed by atoms with Crippen LogP contribution in [0.15, 0.2) is 29.2 Å². The molecule has 2 aliphatic carbocycles. The standard InChI is InChI=1S/C21H32N2O3S/c24-27(25,21-12-10-20(11-13-21)26-19-8-4-5-9-19)23-16-14-22(15-17-23)18-6-2-1-3-7-18/h10-13,18-19H,1-9,14-17H2. The van der Waals surface area contributed by atoms with Crippen molar-refractivity contribution in [1.29, 1.82) is 0 Å². The van der Waals surface area contributed by atoms with Gasteiger partial charge in [0, 0.05) is 32.2 Å². The predicted octanol–water partition coefficient (Wildman–Crippen LogP) is 3.65. The molecule has 4 rings (SSSR count). The molecular formula is C21H32N2O3S. The van der Waals surface area contributed by atoms with Crippen LogP contribution in [-0.4, -0.2) is 55.9 Å². The molecular weight excluding hydrogens is 360 g/mol. The van der Waals surface area contributed by atoms with Crippen molar-refractivity contribution in [1.82, 2.24) is 9.21 Å². The number of hydrogen-bond acceptors (Lipinski definition) is 4. The van der Waals surface area contributed by atoms with E-state index in [9.17, 15) is 8.42 Å². The largest absolute Gasteiger partial charge is 0.490 e. The highest BCUT2D eigenvalue weighted by Gasteiger charge is 2.31. The van der Waals surface area contributed by atoms with Gasteiger partial charge in [0.25, 0.3) is 0 Å². The smallest absolute Gasteiger partial charge is 0.243 e. The SMILES string of the molecule is O=S(=O)(c1ccc(OC2CCCC2)cc1)N1CCN(C2CCCCC2)CC1. The Labute approximate surface area is 163 Å². The molecule has 0 spiro atoms. The van der Waals surface area contributed by atoms with E-state index >= 15 is 0 Å². The first-order chi connectivity index (χ1) is 13.1. The number of nitrogens with zero attached hydrogens (tertiary/aromatic N) is 2. The van der Waals surface area contributed by atoms with Gasteiger partial charge < -0.3 is 4.74 Å². The van der Waals surface area contributed by atoms with Crippen LogP contribution in [0.4, 0.5) is 0 Å². The molecule has 1 aromatic carbocycles. The second-order valence-electron chi connectivity index (χ2n) is 8.23. The minimum atomic E-state index is -3.41. The fourth-order valence-electron chi connectivity index (χ4n) is 4.79. The maximum Gasteiger partial charge on any atom is 0.243 e. The molecule has 0 atom stereocenters. The van der Waals surface area contributed by atoms with Crippen LogP contribution in [0, 0.1) is 0 Å². The lowest BCUT2D eigenvalue weighted by Crippen LogP contribution is -2.52. The maximum absolute atomic E-state index is 13.0. The van der Waals surface area contributed by atoms with Crippen LogP contribution in [0.1, 0.15) is 57.8 Å².